The van der Waals surface area contributed by atoms with E-state index in [2.05, 4.69) is 10.1 Å². The first-order valence-corrected chi connectivity index (χ1v) is 12.5. The molecule has 0 unspecified atom stereocenters. The predicted octanol–water partition coefficient (Wildman–Crippen LogP) is 1.14. The van der Waals surface area contributed by atoms with Gasteiger partial charge in [-0.05, 0) is 31.0 Å². The minimum Gasteiger partial charge on any atom is -0.339 e. The van der Waals surface area contributed by atoms with E-state index in [0.717, 1.165) is 6.07 Å². The van der Waals surface area contributed by atoms with Gasteiger partial charge in [-0.2, -0.15) is 9.29 Å². The third-order valence-corrected chi connectivity index (χ3v) is 8.51. The van der Waals surface area contributed by atoms with Gasteiger partial charge in [0.05, 0.1) is 17.1 Å². The molecule has 0 amide bonds. The van der Waals surface area contributed by atoms with Gasteiger partial charge in [-0.1, -0.05) is 11.2 Å². The lowest BCUT2D eigenvalue weighted by atomic mass is 9.97. The van der Waals surface area contributed by atoms with Crippen LogP contribution in [0, 0.1) is 5.82 Å². The molecule has 158 valence electrons. The van der Waals surface area contributed by atoms with Gasteiger partial charge in [0.2, 0.25) is 25.9 Å². The van der Waals surface area contributed by atoms with Crippen molar-refractivity contribution in [3.8, 4) is 0 Å². The maximum absolute atomic E-state index is 13.3. The Morgan fingerprint density at radius 1 is 1.07 bits per heavy atom. The lowest BCUT2D eigenvalue weighted by Gasteiger charge is -2.35. The van der Waals surface area contributed by atoms with E-state index in [4.69, 9.17) is 4.52 Å². The highest BCUT2D eigenvalue weighted by molar-refractivity contribution is 7.89. The maximum atomic E-state index is 13.3. The number of halogens is 1. The van der Waals surface area contributed by atoms with Crippen LogP contribution in [0.1, 0.15) is 36.4 Å². The van der Waals surface area contributed by atoms with Gasteiger partial charge in [-0.15, -0.1) is 0 Å². The van der Waals surface area contributed by atoms with E-state index in [0.29, 0.717) is 37.6 Å². The Bertz CT molecular complexity index is 1100. The molecule has 2 aromatic rings. The van der Waals surface area contributed by atoms with E-state index in [1.807, 2.05) is 0 Å². The zero-order valence-corrected chi connectivity index (χ0v) is 17.4. The maximum Gasteiger partial charge on any atom is 0.243 e. The Hall–Kier alpha value is -1.89. The van der Waals surface area contributed by atoms with Gasteiger partial charge in [0.25, 0.3) is 0 Å². The van der Waals surface area contributed by atoms with Crippen LogP contribution in [0.15, 0.2) is 33.7 Å². The summed E-state index contributed by atoms with van der Waals surface area (Å²) in [5.41, 5.74) is 0. The number of nitrogens with zero attached hydrogens (tertiary/aromatic N) is 4. The second-order valence-corrected chi connectivity index (χ2v) is 11.3. The molecule has 2 saturated heterocycles. The first-order valence-electron chi connectivity index (χ1n) is 9.19. The largest absolute Gasteiger partial charge is 0.339 e. The van der Waals surface area contributed by atoms with Crippen LogP contribution in [-0.4, -0.2) is 68.0 Å². The van der Waals surface area contributed by atoms with Crippen LogP contribution in [0.4, 0.5) is 4.39 Å². The summed E-state index contributed by atoms with van der Waals surface area (Å²) in [7, 11) is -6.96. The Balaban J connectivity index is 1.37. The van der Waals surface area contributed by atoms with Crippen LogP contribution >= 0.6 is 0 Å². The Morgan fingerprint density at radius 3 is 2.38 bits per heavy atom. The smallest absolute Gasteiger partial charge is 0.243 e. The van der Waals surface area contributed by atoms with E-state index in [9.17, 15) is 21.2 Å². The number of sulfonamides is 2. The molecule has 0 radical (unpaired) electrons. The first kappa shape index (κ1) is 20.4. The molecule has 2 aliphatic rings. The molecule has 0 spiro atoms. The fourth-order valence-electron chi connectivity index (χ4n) is 3.59. The van der Waals surface area contributed by atoms with Crippen LogP contribution in [-0.2, 0) is 20.0 Å². The first-order chi connectivity index (χ1) is 13.6. The fourth-order valence-corrected chi connectivity index (χ4v) is 6.03. The molecule has 2 fully saturated rings. The lowest BCUT2D eigenvalue weighted by Crippen LogP contribution is -2.48. The lowest BCUT2D eigenvalue weighted by molar-refractivity contribution is 0.216. The van der Waals surface area contributed by atoms with Gasteiger partial charge < -0.3 is 4.52 Å². The molecule has 0 aliphatic carbocycles. The van der Waals surface area contributed by atoms with Crippen molar-refractivity contribution in [1.82, 2.24) is 18.8 Å². The number of hydrogen-bond donors (Lipinski definition) is 0. The average Bonchev–Trinajstić information content (AvgIpc) is 3.09. The Labute approximate surface area is 168 Å². The Morgan fingerprint density at radius 2 is 1.76 bits per heavy atom. The number of rotatable bonds is 5. The van der Waals surface area contributed by atoms with Crippen molar-refractivity contribution in [1.29, 1.82) is 0 Å². The van der Waals surface area contributed by atoms with Crippen molar-refractivity contribution in [2.24, 2.45) is 0 Å². The molecule has 0 atom stereocenters. The molecule has 4 rings (SSSR count). The minimum atomic E-state index is -3.76. The highest BCUT2D eigenvalue weighted by Crippen LogP contribution is 2.33. The zero-order valence-electron chi connectivity index (χ0n) is 15.7. The van der Waals surface area contributed by atoms with E-state index in [1.54, 1.807) is 0 Å². The molecule has 29 heavy (non-hydrogen) atoms. The van der Waals surface area contributed by atoms with Crippen LogP contribution in [0.5, 0.6) is 0 Å². The molecular formula is C17H21FN4O5S2. The van der Waals surface area contributed by atoms with Crippen molar-refractivity contribution in [2.75, 3.05) is 32.4 Å². The topological polar surface area (TPSA) is 114 Å². The summed E-state index contributed by atoms with van der Waals surface area (Å²) in [5, 5.41) is 4.02. The van der Waals surface area contributed by atoms with Gasteiger partial charge in [0.1, 0.15) is 5.82 Å². The number of benzene rings is 1. The normalized spacial score (nSPS) is 20.6. The molecule has 9 nitrogen and oxygen atoms in total. The minimum absolute atomic E-state index is 0.0118. The summed E-state index contributed by atoms with van der Waals surface area (Å²) in [6, 6.07) is 4.91. The average molecular weight is 445 g/mol. The van der Waals surface area contributed by atoms with Crippen molar-refractivity contribution in [3.05, 3.63) is 41.8 Å². The fraction of sp³-hybridized carbons (Fsp3) is 0.529. The summed E-state index contributed by atoms with van der Waals surface area (Å²) in [5.74, 6) is 0.0934. The molecule has 12 heteroatoms. The third kappa shape index (κ3) is 4.06. The zero-order chi connectivity index (χ0) is 20.8. The van der Waals surface area contributed by atoms with E-state index in [1.165, 1.54) is 33.1 Å². The van der Waals surface area contributed by atoms with E-state index >= 15 is 0 Å². The van der Waals surface area contributed by atoms with Crippen molar-refractivity contribution < 1.29 is 25.7 Å². The Kier molecular flexibility index (Phi) is 5.21. The molecule has 3 heterocycles. The van der Waals surface area contributed by atoms with Crippen LogP contribution in [0.25, 0.3) is 0 Å². The quantitative estimate of drug-likeness (QED) is 0.679. The highest BCUT2D eigenvalue weighted by Gasteiger charge is 2.41. The van der Waals surface area contributed by atoms with E-state index < -0.39 is 25.9 Å². The molecular weight excluding hydrogens is 423 g/mol. The van der Waals surface area contributed by atoms with Gasteiger partial charge in [0.15, 0.2) is 5.82 Å². The van der Waals surface area contributed by atoms with Crippen LogP contribution in [0.2, 0.25) is 0 Å². The third-order valence-electron chi connectivity index (χ3n) is 5.38. The summed E-state index contributed by atoms with van der Waals surface area (Å²) in [6.07, 6.45) is 2.41. The summed E-state index contributed by atoms with van der Waals surface area (Å²) < 4.78 is 69.7. The van der Waals surface area contributed by atoms with E-state index in [-0.39, 0.29) is 29.8 Å². The summed E-state index contributed by atoms with van der Waals surface area (Å²) >= 11 is 0. The second-order valence-electron chi connectivity index (χ2n) is 7.40. The molecule has 0 bridgehead atoms. The van der Waals surface area contributed by atoms with Gasteiger partial charge in [-0.25, -0.2) is 25.5 Å². The predicted molar refractivity (Wildman–Crippen MR) is 101 cm³/mol. The van der Waals surface area contributed by atoms with Gasteiger partial charge in [0, 0.05) is 32.1 Å². The van der Waals surface area contributed by atoms with Crippen molar-refractivity contribution in [3.63, 3.8) is 0 Å². The van der Waals surface area contributed by atoms with Crippen LogP contribution in [0.3, 0.4) is 0 Å². The molecule has 1 aromatic heterocycles. The number of piperidine rings is 1. The monoisotopic (exact) mass is 444 g/mol. The van der Waals surface area contributed by atoms with Crippen molar-refractivity contribution >= 4 is 20.0 Å². The summed E-state index contributed by atoms with van der Waals surface area (Å²) in [4.78, 5) is 4.34. The molecule has 0 N–H and O–H groups in total. The number of aromatic nitrogens is 2. The standard InChI is InChI=1S/C17H21FN4O5S2/c1-28(23,24)21-7-5-12(6-8-21)16-19-17(27-20-16)13-10-22(11-13)29(25,26)15-4-2-3-14(18)9-15/h2-4,9,12-13H,5-8,10-11H2,1H3. The molecule has 0 saturated carbocycles. The SMILES string of the molecule is CS(=O)(=O)N1CCC(c2noc(C3CN(S(=O)(=O)c4cccc(F)c4)C3)n2)CC1. The second kappa shape index (κ2) is 7.42. The van der Waals surface area contributed by atoms with Gasteiger partial charge >= 0.3 is 0 Å². The molecule has 1 aromatic carbocycles. The van der Waals surface area contributed by atoms with Gasteiger partial charge in [-0.3, -0.25) is 0 Å². The molecule has 2 aliphatic heterocycles. The summed E-state index contributed by atoms with van der Waals surface area (Å²) in [6.45, 7) is 1.20. The van der Waals surface area contributed by atoms with Crippen LogP contribution < -0.4 is 0 Å². The van der Waals surface area contributed by atoms with Crippen molar-refractivity contribution in [2.45, 2.75) is 29.6 Å². The highest BCUT2D eigenvalue weighted by atomic mass is 32.2. The number of hydrogen-bond acceptors (Lipinski definition) is 7.